The number of amides is 1. The topological polar surface area (TPSA) is 83.7 Å². The summed E-state index contributed by atoms with van der Waals surface area (Å²) in [6.07, 6.45) is 5.08. The highest BCUT2D eigenvalue weighted by Gasteiger charge is 2.25. The van der Waals surface area contributed by atoms with E-state index in [9.17, 15) is 9.59 Å². The summed E-state index contributed by atoms with van der Waals surface area (Å²) in [6, 6.07) is 12.4. The van der Waals surface area contributed by atoms with Crippen LogP contribution >= 0.6 is 0 Å². The maximum Gasteiger partial charge on any atom is 0.265 e. The fourth-order valence-electron chi connectivity index (χ4n) is 3.68. The summed E-state index contributed by atoms with van der Waals surface area (Å²) < 4.78 is 1.45. The number of fused-ring (bicyclic) bond motifs is 2. The van der Waals surface area contributed by atoms with Crippen LogP contribution in [0.2, 0.25) is 0 Å². The fraction of sp³-hybridized carbons (Fsp3) is 0.190. The summed E-state index contributed by atoms with van der Waals surface area (Å²) in [5.41, 5.74) is 1.23. The Labute approximate surface area is 166 Å². The molecule has 0 saturated carbocycles. The van der Waals surface area contributed by atoms with E-state index in [0.29, 0.717) is 54.2 Å². The number of piperazine rings is 1. The molecular formula is C21H18N6O2. The molecule has 0 radical (unpaired) electrons. The van der Waals surface area contributed by atoms with Gasteiger partial charge in [0.05, 0.1) is 16.5 Å². The number of carbonyl (C=O) groups is 1. The second kappa shape index (κ2) is 6.97. The molecule has 1 aliphatic heterocycles. The molecule has 8 heteroatoms. The van der Waals surface area contributed by atoms with Crippen molar-refractivity contribution in [3.63, 3.8) is 0 Å². The SMILES string of the molecule is O=C(c1cccn2c(=O)c3ccccc3nc12)N1CCN(c2ncccn2)CC1. The van der Waals surface area contributed by atoms with Gasteiger partial charge in [0.15, 0.2) is 5.65 Å². The van der Waals surface area contributed by atoms with Crippen LogP contribution < -0.4 is 10.5 Å². The van der Waals surface area contributed by atoms with Crippen LogP contribution in [0, 0.1) is 0 Å². The number of aromatic nitrogens is 4. The molecule has 5 rings (SSSR count). The maximum atomic E-state index is 13.2. The van der Waals surface area contributed by atoms with Gasteiger partial charge in [-0.2, -0.15) is 0 Å². The van der Waals surface area contributed by atoms with Crippen molar-refractivity contribution in [3.8, 4) is 0 Å². The van der Waals surface area contributed by atoms with Gasteiger partial charge in [0.1, 0.15) is 0 Å². The highest BCUT2D eigenvalue weighted by atomic mass is 16.2. The highest BCUT2D eigenvalue weighted by Crippen LogP contribution is 2.17. The van der Waals surface area contributed by atoms with Gasteiger partial charge in [0.2, 0.25) is 5.95 Å². The molecule has 4 heterocycles. The van der Waals surface area contributed by atoms with Crippen LogP contribution in [-0.2, 0) is 0 Å². The van der Waals surface area contributed by atoms with Crippen molar-refractivity contribution in [3.05, 3.63) is 77.0 Å². The molecule has 3 aromatic heterocycles. The number of hydrogen-bond acceptors (Lipinski definition) is 6. The standard InChI is InChI=1S/C21H18N6O2/c28-19(25-11-13-26(14-12-25)21-22-8-4-9-23-21)16-6-3-10-27-18(16)24-17-7-2-1-5-15(17)20(27)29/h1-10H,11-14H2. The largest absolute Gasteiger partial charge is 0.337 e. The molecule has 0 N–H and O–H groups in total. The first-order chi connectivity index (χ1) is 14.2. The number of carbonyl (C=O) groups excluding carboxylic acids is 1. The molecule has 0 atom stereocenters. The molecule has 8 nitrogen and oxygen atoms in total. The predicted molar refractivity (Wildman–Crippen MR) is 109 cm³/mol. The van der Waals surface area contributed by atoms with E-state index in [2.05, 4.69) is 19.9 Å². The quantitative estimate of drug-likeness (QED) is 0.487. The molecule has 0 bridgehead atoms. The second-order valence-corrected chi connectivity index (χ2v) is 6.88. The minimum Gasteiger partial charge on any atom is -0.337 e. The van der Waals surface area contributed by atoms with Gasteiger partial charge in [-0.3, -0.25) is 14.0 Å². The first kappa shape index (κ1) is 17.3. The Bertz CT molecular complexity index is 1260. The summed E-state index contributed by atoms with van der Waals surface area (Å²) in [4.78, 5) is 43.0. The average Bonchev–Trinajstić information content (AvgIpc) is 2.79. The summed E-state index contributed by atoms with van der Waals surface area (Å²) >= 11 is 0. The van der Waals surface area contributed by atoms with Gasteiger partial charge >= 0.3 is 0 Å². The third-order valence-electron chi connectivity index (χ3n) is 5.18. The number of pyridine rings is 1. The van der Waals surface area contributed by atoms with Gasteiger partial charge in [0, 0.05) is 44.8 Å². The lowest BCUT2D eigenvalue weighted by Gasteiger charge is -2.34. The summed E-state index contributed by atoms with van der Waals surface area (Å²) in [6.45, 7) is 2.40. The van der Waals surface area contributed by atoms with Crippen molar-refractivity contribution in [2.24, 2.45) is 0 Å². The van der Waals surface area contributed by atoms with Gasteiger partial charge in [0.25, 0.3) is 11.5 Å². The molecule has 4 aromatic rings. The maximum absolute atomic E-state index is 13.2. The number of para-hydroxylation sites is 1. The lowest BCUT2D eigenvalue weighted by atomic mass is 10.2. The van der Waals surface area contributed by atoms with Gasteiger partial charge < -0.3 is 9.80 Å². The van der Waals surface area contributed by atoms with E-state index >= 15 is 0 Å². The van der Waals surface area contributed by atoms with Gasteiger partial charge in [-0.15, -0.1) is 0 Å². The molecule has 0 unspecified atom stereocenters. The van der Waals surface area contributed by atoms with E-state index in [1.54, 1.807) is 53.8 Å². The smallest absolute Gasteiger partial charge is 0.265 e. The molecule has 144 valence electrons. The molecule has 1 amide bonds. The lowest BCUT2D eigenvalue weighted by Crippen LogP contribution is -2.49. The monoisotopic (exact) mass is 386 g/mol. The normalized spacial score (nSPS) is 14.5. The third kappa shape index (κ3) is 2.98. The zero-order valence-electron chi connectivity index (χ0n) is 15.6. The third-order valence-corrected chi connectivity index (χ3v) is 5.18. The van der Waals surface area contributed by atoms with E-state index in [4.69, 9.17) is 0 Å². The van der Waals surface area contributed by atoms with Crippen LogP contribution in [0.5, 0.6) is 0 Å². The zero-order valence-corrected chi connectivity index (χ0v) is 15.6. The zero-order chi connectivity index (χ0) is 19.8. The Kier molecular flexibility index (Phi) is 4.16. The lowest BCUT2D eigenvalue weighted by molar-refractivity contribution is 0.0747. The molecule has 29 heavy (non-hydrogen) atoms. The minimum atomic E-state index is -0.175. The average molecular weight is 386 g/mol. The number of hydrogen-bond donors (Lipinski definition) is 0. The van der Waals surface area contributed by atoms with Gasteiger partial charge in [-0.25, -0.2) is 15.0 Å². The molecule has 1 saturated heterocycles. The molecule has 0 spiro atoms. The van der Waals surface area contributed by atoms with Crippen LogP contribution in [0.25, 0.3) is 16.6 Å². The summed E-state index contributed by atoms with van der Waals surface area (Å²) in [5, 5.41) is 0.533. The number of benzene rings is 1. The number of anilines is 1. The van der Waals surface area contributed by atoms with E-state index in [-0.39, 0.29) is 11.5 Å². The Balaban J connectivity index is 1.47. The van der Waals surface area contributed by atoms with Crippen molar-refractivity contribution in [2.75, 3.05) is 31.1 Å². The Hall–Kier alpha value is -3.81. The van der Waals surface area contributed by atoms with Crippen molar-refractivity contribution in [1.82, 2.24) is 24.3 Å². The molecule has 0 aliphatic carbocycles. The highest BCUT2D eigenvalue weighted by molar-refractivity contribution is 6.00. The molecular weight excluding hydrogens is 368 g/mol. The predicted octanol–water partition coefficient (Wildman–Crippen LogP) is 1.60. The van der Waals surface area contributed by atoms with E-state index in [0.717, 1.165) is 0 Å². The van der Waals surface area contributed by atoms with Crippen LogP contribution in [0.3, 0.4) is 0 Å². The van der Waals surface area contributed by atoms with Crippen molar-refractivity contribution in [1.29, 1.82) is 0 Å². The molecule has 1 aliphatic rings. The molecule has 1 fully saturated rings. The van der Waals surface area contributed by atoms with Crippen molar-refractivity contribution >= 4 is 28.4 Å². The molecule has 1 aromatic carbocycles. The fourth-order valence-corrected chi connectivity index (χ4v) is 3.68. The van der Waals surface area contributed by atoms with Crippen molar-refractivity contribution in [2.45, 2.75) is 0 Å². The minimum absolute atomic E-state index is 0.126. The van der Waals surface area contributed by atoms with Crippen molar-refractivity contribution < 1.29 is 4.79 Å². The summed E-state index contributed by atoms with van der Waals surface area (Å²) in [7, 11) is 0. The first-order valence-corrected chi connectivity index (χ1v) is 9.44. The van der Waals surface area contributed by atoms with Crippen LogP contribution in [0.1, 0.15) is 10.4 Å². The van der Waals surface area contributed by atoms with Crippen LogP contribution in [-0.4, -0.2) is 56.3 Å². The second-order valence-electron chi connectivity index (χ2n) is 6.88. The number of rotatable bonds is 2. The van der Waals surface area contributed by atoms with Gasteiger partial charge in [-0.1, -0.05) is 12.1 Å². The van der Waals surface area contributed by atoms with E-state index in [1.165, 1.54) is 4.40 Å². The van der Waals surface area contributed by atoms with Gasteiger partial charge in [-0.05, 0) is 30.3 Å². The van der Waals surface area contributed by atoms with Crippen LogP contribution in [0.15, 0.2) is 65.8 Å². The van der Waals surface area contributed by atoms with E-state index in [1.807, 2.05) is 12.1 Å². The van der Waals surface area contributed by atoms with Crippen LogP contribution in [0.4, 0.5) is 5.95 Å². The Morgan fingerprint density at radius 1 is 0.897 bits per heavy atom. The Morgan fingerprint density at radius 3 is 2.45 bits per heavy atom. The number of nitrogens with zero attached hydrogens (tertiary/aromatic N) is 6. The summed E-state index contributed by atoms with van der Waals surface area (Å²) in [5.74, 6) is 0.545. The first-order valence-electron chi connectivity index (χ1n) is 9.44. The Morgan fingerprint density at radius 2 is 1.66 bits per heavy atom. The van der Waals surface area contributed by atoms with E-state index < -0.39 is 0 Å².